The quantitative estimate of drug-likeness (QED) is 0.818. The topological polar surface area (TPSA) is 64.1 Å². The van der Waals surface area contributed by atoms with Gasteiger partial charge in [0.05, 0.1) is 12.8 Å². The van der Waals surface area contributed by atoms with Gasteiger partial charge in [0.15, 0.2) is 0 Å². The van der Waals surface area contributed by atoms with Crippen LogP contribution in [-0.4, -0.2) is 22.9 Å². The standard InChI is InChI=1S/C13H14N2O3/c1-8-4-5-10(6-9(8)2)15-12(16)11(7-14-15)13(17)18-3/h4-7,14H,1-3H3. The van der Waals surface area contributed by atoms with E-state index in [9.17, 15) is 9.59 Å². The zero-order chi connectivity index (χ0) is 13.3. The van der Waals surface area contributed by atoms with Crippen LogP contribution in [0, 0.1) is 13.8 Å². The second kappa shape index (κ2) is 4.52. The Morgan fingerprint density at radius 2 is 2.00 bits per heavy atom. The lowest BCUT2D eigenvalue weighted by Crippen LogP contribution is -2.20. The SMILES string of the molecule is COC(=O)c1c[nH]n(-c2ccc(C)c(C)c2)c1=O. The lowest BCUT2D eigenvalue weighted by molar-refractivity contribution is 0.0599. The third-order valence-corrected chi connectivity index (χ3v) is 2.93. The van der Waals surface area contributed by atoms with E-state index in [1.165, 1.54) is 18.0 Å². The summed E-state index contributed by atoms with van der Waals surface area (Å²) >= 11 is 0. The van der Waals surface area contributed by atoms with E-state index in [4.69, 9.17) is 0 Å². The van der Waals surface area contributed by atoms with E-state index < -0.39 is 11.5 Å². The summed E-state index contributed by atoms with van der Waals surface area (Å²) in [7, 11) is 1.25. The molecule has 94 valence electrons. The number of nitrogens with zero attached hydrogens (tertiary/aromatic N) is 1. The molecule has 18 heavy (non-hydrogen) atoms. The van der Waals surface area contributed by atoms with Gasteiger partial charge in [-0.3, -0.25) is 9.89 Å². The predicted octanol–water partition coefficient (Wildman–Crippen LogP) is 1.57. The number of carbonyl (C=O) groups excluding carboxylic acids is 1. The van der Waals surface area contributed by atoms with Crippen LogP contribution in [0.15, 0.2) is 29.2 Å². The highest BCUT2D eigenvalue weighted by molar-refractivity contribution is 5.88. The first-order chi connectivity index (χ1) is 8.54. The van der Waals surface area contributed by atoms with E-state index in [1.54, 1.807) is 0 Å². The second-order valence-electron chi connectivity index (χ2n) is 4.09. The van der Waals surface area contributed by atoms with E-state index in [2.05, 4.69) is 9.84 Å². The number of nitrogens with one attached hydrogen (secondary N) is 1. The predicted molar refractivity (Wildman–Crippen MR) is 67.2 cm³/mol. The van der Waals surface area contributed by atoms with Crippen molar-refractivity contribution in [2.24, 2.45) is 0 Å². The third kappa shape index (κ3) is 1.95. The van der Waals surface area contributed by atoms with Crippen LogP contribution in [0.4, 0.5) is 0 Å². The van der Waals surface area contributed by atoms with Gasteiger partial charge in [-0.15, -0.1) is 0 Å². The summed E-state index contributed by atoms with van der Waals surface area (Å²) in [6, 6.07) is 5.63. The smallest absolute Gasteiger partial charge is 0.345 e. The van der Waals surface area contributed by atoms with Crippen molar-refractivity contribution in [2.75, 3.05) is 7.11 Å². The summed E-state index contributed by atoms with van der Waals surface area (Å²) in [4.78, 5) is 23.3. The number of hydrogen-bond acceptors (Lipinski definition) is 3. The zero-order valence-electron chi connectivity index (χ0n) is 10.5. The number of ether oxygens (including phenoxy) is 1. The van der Waals surface area contributed by atoms with Crippen molar-refractivity contribution in [3.8, 4) is 5.69 Å². The maximum atomic E-state index is 12.0. The minimum Gasteiger partial charge on any atom is -0.465 e. The molecule has 5 nitrogen and oxygen atoms in total. The summed E-state index contributed by atoms with van der Waals surface area (Å²) in [5.41, 5.74) is 2.50. The molecule has 0 aliphatic rings. The summed E-state index contributed by atoms with van der Waals surface area (Å²) in [5.74, 6) is -0.640. The number of methoxy groups -OCH3 is 1. The first-order valence-electron chi connectivity index (χ1n) is 5.51. The molecule has 2 aromatic rings. The number of aromatic amines is 1. The van der Waals surface area contributed by atoms with Gasteiger partial charge in [-0.05, 0) is 37.1 Å². The number of hydrogen-bond donors (Lipinski definition) is 1. The number of rotatable bonds is 2. The molecule has 0 saturated heterocycles. The third-order valence-electron chi connectivity index (χ3n) is 2.93. The molecular formula is C13H14N2O3. The summed E-state index contributed by atoms with van der Waals surface area (Å²) in [5, 5.41) is 2.76. The van der Waals surface area contributed by atoms with Crippen LogP contribution in [0.1, 0.15) is 21.5 Å². The van der Waals surface area contributed by atoms with Gasteiger partial charge in [0.25, 0.3) is 5.56 Å². The van der Waals surface area contributed by atoms with Crippen LogP contribution in [0.3, 0.4) is 0 Å². The molecule has 1 heterocycles. The highest BCUT2D eigenvalue weighted by Crippen LogP contribution is 2.12. The zero-order valence-corrected chi connectivity index (χ0v) is 10.5. The number of H-pyrrole nitrogens is 1. The van der Waals surface area contributed by atoms with Crippen molar-refractivity contribution in [1.29, 1.82) is 0 Å². The van der Waals surface area contributed by atoms with Gasteiger partial charge in [0, 0.05) is 6.20 Å². The van der Waals surface area contributed by atoms with Gasteiger partial charge in [-0.25, -0.2) is 9.48 Å². The van der Waals surface area contributed by atoms with Crippen LogP contribution >= 0.6 is 0 Å². The molecule has 1 aromatic heterocycles. The average molecular weight is 246 g/mol. The fourth-order valence-corrected chi connectivity index (χ4v) is 1.68. The van der Waals surface area contributed by atoms with Gasteiger partial charge in [-0.1, -0.05) is 6.07 Å². The van der Waals surface area contributed by atoms with Gasteiger partial charge in [0.2, 0.25) is 0 Å². The second-order valence-corrected chi connectivity index (χ2v) is 4.09. The maximum absolute atomic E-state index is 12.0. The highest BCUT2D eigenvalue weighted by atomic mass is 16.5. The van der Waals surface area contributed by atoms with Crippen LogP contribution in [-0.2, 0) is 4.74 Å². The Morgan fingerprint density at radius 1 is 1.28 bits per heavy atom. The van der Waals surface area contributed by atoms with Crippen molar-refractivity contribution in [3.63, 3.8) is 0 Å². The van der Waals surface area contributed by atoms with Gasteiger partial charge in [0.1, 0.15) is 5.56 Å². The Morgan fingerprint density at radius 3 is 2.61 bits per heavy atom. The lowest BCUT2D eigenvalue weighted by atomic mass is 10.1. The summed E-state index contributed by atoms with van der Waals surface area (Å²) in [6.45, 7) is 3.96. The Kier molecular flexibility index (Phi) is 3.06. The normalized spacial score (nSPS) is 10.4. The van der Waals surface area contributed by atoms with Crippen LogP contribution in [0.2, 0.25) is 0 Å². The highest BCUT2D eigenvalue weighted by Gasteiger charge is 2.15. The molecule has 0 bridgehead atoms. The van der Waals surface area contributed by atoms with Crippen molar-refractivity contribution in [3.05, 3.63) is 51.4 Å². The number of aromatic nitrogens is 2. The number of aryl methyl sites for hydroxylation is 2. The molecule has 0 spiro atoms. The van der Waals surface area contributed by atoms with E-state index in [-0.39, 0.29) is 5.56 Å². The molecule has 0 aliphatic heterocycles. The fourth-order valence-electron chi connectivity index (χ4n) is 1.68. The lowest BCUT2D eigenvalue weighted by Gasteiger charge is -2.04. The molecular weight excluding hydrogens is 232 g/mol. The molecule has 0 fully saturated rings. The number of benzene rings is 1. The van der Waals surface area contributed by atoms with E-state index >= 15 is 0 Å². The van der Waals surface area contributed by atoms with Gasteiger partial charge >= 0.3 is 5.97 Å². The minimum atomic E-state index is -0.640. The first-order valence-corrected chi connectivity index (χ1v) is 5.51. The molecule has 0 aliphatic carbocycles. The first kappa shape index (κ1) is 12.2. The van der Waals surface area contributed by atoms with Crippen molar-refractivity contribution >= 4 is 5.97 Å². The summed E-state index contributed by atoms with van der Waals surface area (Å²) in [6.07, 6.45) is 1.35. The molecule has 0 amide bonds. The van der Waals surface area contributed by atoms with Crippen molar-refractivity contribution < 1.29 is 9.53 Å². The van der Waals surface area contributed by atoms with Crippen molar-refractivity contribution in [1.82, 2.24) is 9.78 Å². The molecule has 2 rings (SSSR count). The van der Waals surface area contributed by atoms with Crippen molar-refractivity contribution in [2.45, 2.75) is 13.8 Å². The Hall–Kier alpha value is -2.30. The molecule has 0 saturated carbocycles. The van der Waals surface area contributed by atoms with E-state index in [0.29, 0.717) is 5.69 Å². The molecule has 1 aromatic carbocycles. The van der Waals surface area contributed by atoms with Crippen LogP contribution in [0.5, 0.6) is 0 Å². The van der Waals surface area contributed by atoms with Crippen LogP contribution in [0.25, 0.3) is 5.69 Å². The molecule has 5 heteroatoms. The summed E-state index contributed by atoms with van der Waals surface area (Å²) < 4.78 is 5.86. The molecule has 0 radical (unpaired) electrons. The molecule has 0 unspecified atom stereocenters. The van der Waals surface area contributed by atoms with Crippen LogP contribution < -0.4 is 5.56 Å². The molecule has 1 N–H and O–H groups in total. The van der Waals surface area contributed by atoms with Gasteiger partial charge < -0.3 is 4.74 Å². The van der Waals surface area contributed by atoms with E-state index in [0.717, 1.165) is 11.1 Å². The number of esters is 1. The number of carbonyl (C=O) groups is 1. The molecule has 0 atom stereocenters. The Labute approximate surface area is 104 Å². The van der Waals surface area contributed by atoms with E-state index in [1.807, 2.05) is 32.0 Å². The largest absolute Gasteiger partial charge is 0.465 e. The van der Waals surface area contributed by atoms with Gasteiger partial charge in [-0.2, -0.15) is 0 Å². The maximum Gasteiger partial charge on any atom is 0.345 e. The minimum absolute atomic E-state index is 0.00396. The average Bonchev–Trinajstić information content (AvgIpc) is 2.74. The monoisotopic (exact) mass is 246 g/mol. The Balaban J connectivity index is 2.52. The fraction of sp³-hybridized carbons (Fsp3) is 0.231. The Bertz CT molecular complexity index is 652.